The molecule has 0 aliphatic carbocycles. The van der Waals surface area contributed by atoms with Crippen LogP contribution in [0.4, 0.5) is 5.69 Å². The van der Waals surface area contributed by atoms with Crippen LogP contribution in [-0.4, -0.2) is 53.3 Å². The smallest absolute Gasteiger partial charge is 0.348 e. The van der Waals surface area contributed by atoms with Gasteiger partial charge in [0.05, 0.1) is 12.1 Å². The van der Waals surface area contributed by atoms with Gasteiger partial charge in [-0.15, -0.1) is 0 Å². The van der Waals surface area contributed by atoms with Gasteiger partial charge < -0.3 is 4.74 Å². The Hall–Kier alpha value is -3.71. The summed E-state index contributed by atoms with van der Waals surface area (Å²) in [7, 11) is -5.42. The summed E-state index contributed by atoms with van der Waals surface area (Å²) in [5.41, 5.74) is 0.871. The number of carbonyl (C=O) groups is 6. The Morgan fingerprint density at radius 2 is 1.72 bits per heavy atom. The van der Waals surface area contributed by atoms with E-state index < -0.39 is 63.3 Å². The first kappa shape index (κ1) is 23.0. The van der Waals surface area contributed by atoms with E-state index in [1.54, 1.807) is 29.6 Å². The van der Waals surface area contributed by atoms with Gasteiger partial charge in [0.1, 0.15) is 0 Å². The quantitative estimate of drug-likeness (QED) is 0.224. The van der Waals surface area contributed by atoms with E-state index in [4.69, 9.17) is 0 Å². The predicted molar refractivity (Wildman–Crippen MR) is 104 cm³/mol. The number of nitrogens with zero attached hydrogens (tertiary/aromatic N) is 1. The number of anilines is 1. The van der Waals surface area contributed by atoms with Crippen LogP contribution < -0.4 is 10.2 Å². The van der Waals surface area contributed by atoms with Crippen molar-refractivity contribution in [2.75, 3.05) is 4.90 Å². The van der Waals surface area contributed by atoms with Gasteiger partial charge in [-0.1, -0.05) is 18.2 Å². The number of rotatable bonds is 7. The van der Waals surface area contributed by atoms with Crippen LogP contribution in [0.5, 0.6) is 0 Å². The van der Waals surface area contributed by atoms with Crippen molar-refractivity contribution in [1.82, 2.24) is 5.32 Å². The largest absolute Gasteiger partial charge is 0.391 e. The minimum absolute atomic E-state index is 0.0662. The summed E-state index contributed by atoms with van der Waals surface area (Å²) in [6.45, 7) is 0. The summed E-state index contributed by atoms with van der Waals surface area (Å²) in [6.07, 6.45) is 0.872. The van der Waals surface area contributed by atoms with E-state index in [1.165, 1.54) is 0 Å². The molecule has 2 N–H and O–H groups in total. The van der Waals surface area contributed by atoms with Crippen LogP contribution in [-0.2, 0) is 50.0 Å². The molecule has 13 heteroatoms. The first-order valence-electron chi connectivity index (χ1n) is 9.18. The number of para-hydroxylation sites is 1. The SMILES string of the molecule is O=C1CC(C(=O)OC(=O)CCCc2ccccc2N2C(=O)C=CC2=O)(S(=O)(=O)O)C(=O)N1. The monoisotopic (exact) mass is 464 g/mol. The van der Waals surface area contributed by atoms with E-state index in [0.29, 0.717) is 11.3 Å². The van der Waals surface area contributed by atoms with Crippen LogP contribution in [0.15, 0.2) is 36.4 Å². The lowest BCUT2D eigenvalue weighted by molar-refractivity contribution is -0.162. The highest BCUT2D eigenvalue weighted by atomic mass is 32.2. The van der Waals surface area contributed by atoms with Crippen molar-refractivity contribution in [3.63, 3.8) is 0 Å². The van der Waals surface area contributed by atoms with E-state index in [9.17, 15) is 41.7 Å². The molecule has 1 fully saturated rings. The Morgan fingerprint density at radius 1 is 1.09 bits per heavy atom. The second-order valence-electron chi connectivity index (χ2n) is 6.95. The van der Waals surface area contributed by atoms with E-state index in [1.807, 2.05) is 0 Å². The van der Waals surface area contributed by atoms with Crippen molar-refractivity contribution in [3.05, 3.63) is 42.0 Å². The van der Waals surface area contributed by atoms with Gasteiger partial charge in [-0.3, -0.25) is 33.8 Å². The molecule has 1 unspecified atom stereocenters. The number of benzene rings is 1. The number of nitrogens with one attached hydrogen (secondary N) is 1. The summed E-state index contributed by atoms with van der Waals surface area (Å²) in [4.78, 5) is 72.3. The van der Waals surface area contributed by atoms with Crippen molar-refractivity contribution in [2.45, 2.75) is 30.4 Å². The number of carbonyl (C=O) groups excluding carboxylic acids is 6. The lowest BCUT2D eigenvalue weighted by Crippen LogP contribution is -2.53. The normalized spacial score (nSPS) is 20.6. The van der Waals surface area contributed by atoms with Crippen LogP contribution in [0.2, 0.25) is 0 Å². The average molecular weight is 464 g/mol. The van der Waals surface area contributed by atoms with Gasteiger partial charge in [0.2, 0.25) is 5.91 Å². The summed E-state index contributed by atoms with van der Waals surface area (Å²) in [5.74, 6) is -6.86. The Morgan fingerprint density at radius 3 is 2.28 bits per heavy atom. The summed E-state index contributed by atoms with van der Waals surface area (Å²) < 4.78 is 33.7. The summed E-state index contributed by atoms with van der Waals surface area (Å²) in [6, 6.07) is 6.45. The van der Waals surface area contributed by atoms with E-state index in [-0.39, 0.29) is 12.8 Å². The minimum atomic E-state index is -5.42. The number of hydrogen-bond donors (Lipinski definition) is 2. The summed E-state index contributed by atoms with van der Waals surface area (Å²) >= 11 is 0. The Kier molecular flexibility index (Phi) is 6.05. The maximum Gasteiger partial charge on any atom is 0.348 e. The minimum Gasteiger partial charge on any atom is -0.391 e. The topological polar surface area (TPSA) is 181 Å². The van der Waals surface area contributed by atoms with Gasteiger partial charge in [-0.05, 0) is 24.5 Å². The van der Waals surface area contributed by atoms with Crippen molar-refractivity contribution < 1.29 is 46.5 Å². The van der Waals surface area contributed by atoms with Crippen molar-refractivity contribution in [3.8, 4) is 0 Å². The molecule has 3 rings (SSSR count). The zero-order valence-corrected chi connectivity index (χ0v) is 17.1. The van der Waals surface area contributed by atoms with Gasteiger partial charge in [0.15, 0.2) is 0 Å². The van der Waals surface area contributed by atoms with Crippen LogP contribution >= 0.6 is 0 Å². The van der Waals surface area contributed by atoms with Crippen LogP contribution in [0.25, 0.3) is 0 Å². The fraction of sp³-hybridized carbons (Fsp3) is 0.263. The lowest BCUT2D eigenvalue weighted by atomic mass is 10.0. The third-order valence-electron chi connectivity index (χ3n) is 4.87. The molecular weight excluding hydrogens is 448 g/mol. The number of imide groups is 2. The molecule has 4 amide bonds. The fourth-order valence-corrected chi connectivity index (χ4v) is 4.15. The molecule has 0 bridgehead atoms. The Bertz CT molecular complexity index is 1170. The molecule has 2 heterocycles. The number of aryl methyl sites for hydroxylation is 1. The van der Waals surface area contributed by atoms with Crippen LogP contribution in [0, 0.1) is 0 Å². The molecule has 2 aliphatic heterocycles. The fourth-order valence-electron chi connectivity index (χ4n) is 3.29. The van der Waals surface area contributed by atoms with Crippen molar-refractivity contribution in [2.24, 2.45) is 0 Å². The molecule has 0 spiro atoms. The molecule has 1 atom stereocenters. The van der Waals surface area contributed by atoms with Gasteiger partial charge in [-0.25, -0.2) is 9.69 Å². The van der Waals surface area contributed by atoms with E-state index in [2.05, 4.69) is 4.74 Å². The third-order valence-corrected chi connectivity index (χ3v) is 6.25. The average Bonchev–Trinajstić information content (AvgIpc) is 3.20. The first-order chi connectivity index (χ1) is 15.0. The Balaban J connectivity index is 1.65. The third kappa shape index (κ3) is 4.07. The van der Waals surface area contributed by atoms with Gasteiger partial charge in [-0.2, -0.15) is 8.42 Å². The van der Waals surface area contributed by atoms with Gasteiger partial charge >= 0.3 is 11.9 Å². The van der Waals surface area contributed by atoms with Gasteiger partial charge in [0, 0.05) is 18.6 Å². The molecule has 0 radical (unpaired) electrons. The molecule has 2 aliphatic rings. The molecule has 168 valence electrons. The molecule has 0 saturated carbocycles. The number of esters is 2. The zero-order chi connectivity index (χ0) is 23.7. The lowest BCUT2D eigenvalue weighted by Gasteiger charge is -2.19. The second-order valence-corrected chi connectivity index (χ2v) is 8.59. The molecular formula is C19H16N2O10S. The molecule has 32 heavy (non-hydrogen) atoms. The highest BCUT2D eigenvalue weighted by Gasteiger charge is 2.64. The highest BCUT2D eigenvalue weighted by molar-refractivity contribution is 7.89. The van der Waals surface area contributed by atoms with Crippen molar-refractivity contribution in [1.29, 1.82) is 0 Å². The number of amides is 4. The molecule has 1 aromatic rings. The van der Waals surface area contributed by atoms with Crippen molar-refractivity contribution >= 4 is 51.4 Å². The number of hydrogen-bond acceptors (Lipinski definition) is 9. The van der Waals surface area contributed by atoms with E-state index >= 15 is 0 Å². The molecule has 1 aromatic carbocycles. The van der Waals surface area contributed by atoms with Gasteiger partial charge in [0.25, 0.3) is 32.6 Å². The standard InChI is InChI=1S/C19H16N2O10S/c22-13-10-19(17(26)20-13,32(28,29)30)18(27)31-16(25)7-3-5-11-4-1-2-6-12(11)21-14(23)8-9-15(21)24/h1-2,4,6,8-9H,3,5,7,10H2,(H,20,22,26)(H,28,29,30). The zero-order valence-electron chi connectivity index (χ0n) is 16.3. The summed E-state index contributed by atoms with van der Waals surface area (Å²) in [5, 5.41) is 1.58. The molecule has 12 nitrogen and oxygen atoms in total. The Labute approximate surface area is 180 Å². The molecule has 0 aromatic heterocycles. The predicted octanol–water partition coefficient (Wildman–Crippen LogP) is -0.818. The second kappa shape index (κ2) is 8.43. The number of ether oxygens (including phenoxy) is 1. The van der Waals surface area contributed by atoms with E-state index in [0.717, 1.165) is 17.1 Å². The van der Waals surface area contributed by atoms with Crippen LogP contribution in [0.1, 0.15) is 24.8 Å². The maximum atomic E-state index is 12.2. The first-order valence-corrected chi connectivity index (χ1v) is 10.6. The highest BCUT2D eigenvalue weighted by Crippen LogP contribution is 2.29. The molecule has 1 saturated heterocycles. The van der Waals surface area contributed by atoms with Crippen LogP contribution in [0.3, 0.4) is 0 Å². The maximum absolute atomic E-state index is 12.2.